The first-order valence-corrected chi connectivity index (χ1v) is 10.4. The molecule has 1 saturated heterocycles. The summed E-state index contributed by atoms with van der Waals surface area (Å²) in [6.07, 6.45) is 1.26. The third-order valence-electron chi connectivity index (χ3n) is 4.93. The van der Waals surface area contributed by atoms with E-state index in [0.717, 1.165) is 4.90 Å². The molecule has 0 saturated carbocycles. The Morgan fingerprint density at radius 1 is 0.912 bits per heavy atom. The number of methoxy groups -OCH3 is 1. The molecule has 1 aliphatic rings. The highest BCUT2D eigenvalue weighted by Gasteiger charge is 2.38. The number of hydrogen-bond acceptors (Lipinski definition) is 6. The summed E-state index contributed by atoms with van der Waals surface area (Å²) in [6, 6.07) is 18.0. The monoisotopic (exact) mass is 476 g/mol. The quantitative estimate of drug-likeness (QED) is 0.256. The fourth-order valence-electron chi connectivity index (χ4n) is 3.28. The van der Waals surface area contributed by atoms with Crippen molar-refractivity contribution in [3.8, 4) is 11.5 Å². The minimum absolute atomic E-state index is 0.122. The summed E-state index contributed by atoms with van der Waals surface area (Å²) in [5.74, 6) is -1.97. The minimum Gasteiger partial charge on any atom is -0.495 e. The van der Waals surface area contributed by atoms with Crippen molar-refractivity contribution in [3.63, 3.8) is 0 Å². The molecule has 0 bridgehead atoms. The van der Waals surface area contributed by atoms with Crippen LogP contribution >= 0.6 is 11.6 Å². The number of carbonyl (C=O) groups excluding carboxylic acids is 4. The van der Waals surface area contributed by atoms with Crippen molar-refractivity contribution in [1.29, 1.82) is 0 Å². The average Bonchev–Trinajstić information content (AvgIpc) is 2.83. The van der Waals surface area contributed by atoms with Crippen LogP contribution in [0.3, 0.4) is 0 Å². The Kier molecular flexibility index (Phi) is 6.42. The maximum atomic E-state index is 13.2. The summed E-state index contributed by atoms with van der Waals surface area (Å²) in [4.78, 5) is 51.6. The lowest BCUT2D eigenvalue weighted by atomic mass is 10.1. The van der Waals surface area contributed by atoms with Gasteiger partial charge in [-0.25, -0.2) is 14.5 Å². The van der Waals surface area contributed by atoms with Gasteiger partial charge in [0.1, 0.15) is 17.1 Å². The number of anilines is 1. The molecular weight excluding hydrogens is 460 g/mol. The number of imide groups is 2. The molecule has 3 aromatic carbocycles. The van der Waals surface area contributed by atoms with Crippen LogP contribution in [0.4, 0.5) is 10.5 Å². The Morgan fingerprint density at radius 3 is 2.26 bits per heavy atom. The van der Waals surface area contributed by atoms with Gasteiger partial charge in [0.25, 0.3) is 11.8 Å². The summed E-state index contributed by atoms with van der Waals surface area (Å²) >= 11 is 5.86. The van der Waals surface area contributed by atoms with E-state index in [1.807, 2.05) is 0 Å². The van der Waals surface area contributed by atoms with Crippen molar-refractivity contribution >= 4 is 47.2 Å². The van der Waals surface area contributed by atoms with Gasteiger partial charge in [-0.2, -0.15) is 0 Å². The van der Waals surface area contributed by atoms with Gasteiger partial charge < -0.3 is 9.47 Å². The number of benzene rings is 3. The van der Waals surface area contributed by atoms with Crippen LogP contribution in [0.25, 0.3) is 6.08 Å². The number of nitrogens with zero attached hydrogens (tertiary/aromatic N) is 1. The molecule has 3 aromatic rings. The van der Waals surface area contributed by atoms with Gasteiger partial charge in [-0.1, -0.05) is 41.9 Å². The summed E-state index contributed by atoms with van der Waals surface area (Å²) in [6.45, 7) is 0. The topological polar surface area (TPSA) is 102 Å². The molecule has 0 spiro atoms. The molecule has 0 aromatic heterocycles. The van der Waals surface area contributed by atoms with Gasteiger partial charge in [0.2, 0.25) is 0 Å². The van der Waals surface area contributed by atoms with Gasteiger partial charge >= 0.3 is 12.0 Å². The van der Waals surface area contributed by atoms with Gasteiger partial charge in [0, 0.05) is 10.6 Å². The van der Waals surface area contributed by atoms with Gasteiger partial charge in [-0.15, -0.1) is 0 Å². The van der Waals surface area contributed by atoms with Crippen LogP contribution in [-0.4, -0.2) is 30.9 Å². The first kappa shape index (κ1) is 22.8. The SMILES string of the molecule is COc1ccccc1N1C(=O)NC(=O)/C(=C/c2ccccc2OC(=O)c2ccc(Cl)cc2)C1=O. The van der Waals surface area contributed by atoms with Crippen LogP contribution < -0.4 is 19.7 Å². The molecule has 9 heteroatoms. The Bertz CT molecular complexity index is 1330. The molecule has 1 fully saturated rings. The molecule has 1 heterocycles. The lowest BCUT2D eigenvalue weighted by molar-refractivity contribution is -0.122. The predicted molar refractivity (Wildman–Crippen MR) is 125 cm³/mol. The van der Waals surface area contributed by atoms with Crippen LogP contribution in [0.5, 0.6) is 11.5 Å². The summed E-state index contributed by atoms with van der Waals surface area (Å²) < 4.78 is 10.7. The highest BCUT2D eigenvalue weighted by molar-refractivity contribution is 6.39. The van der Waals surface area contributed by atoms with E-state index in [1.54, 1.807) is 48.5 Å². The predicted octanol–water partition coefficient (Wildman–Crippen LogP) is 4.23. The van der Waals surface area contributed by atoms with E-state index in [-0.39, 0.29) is 33.9 Å². The molecule has 0 atom stereocenters. The fraction of sp³-hybridized carbons (Fsp3) is 0.0400. The number of hydrogen-bond donors (Lipinski definition) is 1. The van der Waals surface area contributed by atoms with Crippen LogP contribution in [0.1, 0.15) is 15.9 Å². The minimum atomic E-state index is -0.904. The number of para-hydroxylation sites is 3. The van der Waals surface area contributed by atoms with Gasteiger partial charge in [-0.05, 0) is 48.5 Å². The second-order valence-electron chi connectivity index (χ2n) is 7.06. The Morgan fingerprint density at radius 2 is 1.56 bits per heavy atom. The van der Waals surface area contributed by atoms with Crippen LogP contribution in [0.2, 0.25) is 5.02 Å². The fourth-order valence-corrected chi connectivity index (χ4v) is 3.41. The largest absolute Gasteiger partial charge is 0.495 e. The molecular formula is C25H17ClN2O6. The lowest BCUT2D eigenvalue weighted by Gasteiger charge is -2.27. The molecule has 170 valence electrons. The van der Waals surface area contributed by atoms with Gasteiger partial charge in [-0.3, -0.25) is 14.9 Å². The van der Waals surface area contributed by atoms with Gasteiger partial charge in [0.05, 0.1) is 18.4 Å². The van der Waals surface area contributed by atoms with E-state index in [1.165, 1.54) is 37.5 Å². The average molecular weight is 477 g/mol. The van der Waals surface area contributed by atoms with Crippen LogP contribution in [-0.2, 0) is 9.59 Å². The zero-order valence-electron chi connectivity index (χ0n) is 17.8. The molecule has 1 N–H and O–H groups in total. The number of rotatable bonds is 5. The van der Waals surface area contributed by atoms with Crippen molar-refractivity contribution in [2.75, 3.05) is 12.0 Å². The van der Waals surface area contributed by atoms with Crippen molar-refractivity contribution in [2.24, 2.45) is 0 Å². The number of amides is 4. The van der Waals surface area contributed by atoms with E-state index in [0.29, 0.717) is 5.02 Å². The van der Waals surface area contributed by atoms with Crippen LogP contribution in [0, 0.1) is 0 Å². The summed E-state index contributed by atoms with van der Waals surface area (Å²) in [5.41, 5.74) is 0.415. The standard InChI is InChI=1S/C25H17ClN2O6/c1-33-21-9-5-3-7-19(21)28-23(30)18(22(29)27-25(28)32)14-16-6-2-4-8-20(16)34-24(31)15-10-12-17(26)13-11-15/h2-14H,1H3,(H,27,29,32)/b18-14-. The molecule has 8 nitrogen and oxygen atoms in total. The summed E-state index contributed by atoms with van der Waals surface area (Å²) in [5, 5.41) is 2.62. The van der Waals surface area contributed by atoms with Crippen molar-refractivity contribution in [3.05, 3.63) is 94.5 Å². The molecule has 0 aliphatic carbocycles. The smallest absolute Gasteiger partial charge is 0.343 e. The lowest BCUT2D eigenvalue weighted by Crippen LogP contribution is -2.54. The molecule has 0 unspecified atom stereocenters. The highest BCUT2D eigenvalue weighted by atomic mass is 35.5. The van der Waals surface area contributed by atoms with Crippen molar-refractivity contribution in [2.45, 2.75) is 0 Å². The number of carbonyl (C=O) groups is 4. The van der Waals surface area contributed by atoms with Crippen molar-refractivity contribution in [1.82, 2.24) is 5.32 Å². The number of barbiturate groups is 1. The highest BCUT2D eigenvalue weighted by Crippen LogP contribution is 2.31. The van der Waals surface area contributed by atoms with Crippen LogP contribution in [0.15, 0.2) is 78.4 Å². The number of nitrogens with one attached hydrogen (secondary N) is 1. The number of esters is 1. The number of halogens is 1. The van der Waals surface area contributed by atoms with E-state index < -0.39 is 23.8 Å². The molecule has 1 aliphatic heterocycles. The second-order valence-corrected chi connectivity index (χ2v) is 7.50. The maximum Gasteiger partial charge on any atom is 0.343 e. The Labute approximate surface area is 199 Å². The Hall–Kier alpha value is -4.43. The third-order valence-corrected chi connectivity index (χ3v) is 5.18. The van der Waals surface area contributed by atoms with E-state index >= 15 is 0 Å². The van der Waals surface area contributed by atoms with E-state index in [2.05, 4.69) is 5.32 Å². The zero-order valence-corrected chi connectivity index (χ0v) is 18.5. The third kappa shape index (κ3) is 4.53. The normalized spacial score (nSPS) is 14.7. The second kappa shape index (κ2) is 9.60. The Balaban J connectivity index is 1.69. The van der Waals surface area contributed by atoms with Crippen molar-refractivity contribution < 1.29 is 28.7 Å². The zero-order chi connectivity index (χ0) is 24.2. The molecule has 4 rings (SSSR count). The maximum absolute atomic E-state index is 13.2. The number of ether oxygens (including phenoxy) is 2. The molecule has 34 heavy (non-hydrogen) atoms. The first-order valence-electron chi connectivity index (χ1n) is 10.0. The van der Waals surface area contributed by atoms with E-state index in [9.17, 15) is 19.2 Å². The molecule has 0 radical (unpaired) electrons. The van der Waals surface area contributed by atoms with Gasteiger partial charge in [0.15, 0.2) is 0 Å². The number of urea groups is 1. The van der Waals surface area contributed by atoms with E-state index in [4.69, 9.17) is 21.1 Å². The molecule has 4 amide bonds. The summed E-state index contributed by atoms with van der Waals surface area (Å²) in [7, 11) is 1.40. The first-order chi connectivity index (χ1) is 16.4.